The second-order valence-corrected chi connectivity index (χ2v) is 6.04. The Morgan fingerprint density at radius 1 is 1.43 bits per heavy atom. The van der Waals surface area contributed by atoms with Crippen LogP contribution in [0.4, 0.5) is 0 Å². The summed E-state index contributed by atoms with van der Waals surface area (Å²) in [6.07, 6.45) is 5.17. The number of thiocarbonyl (C=S) groups is 1. The molecule has 0 bridgehead atoms. The Hall–Kier alpha value is -2.39. The van der Waals surface area contributed by atoms with Gasteiger partial charge in [-0.1, -0.05) is 30.1 Å². The molecule has 1 saturated heterocycles. The van der Waals surface area contributed by atoms with Gasteiger partial charge in [0.1, 0.15) is 10.1 Å². The highest BCUT2D eigenvalue weighted by Gasteiger charge is 2.37. The topological polar surface area (TPSA) is 114 Å². The van der Waals surface area contributed by atoms with E-state index in [-0.39, 0.29) is 9.23 Å². The van der Waals surface area contributed by atoms with Gasteiger partial charge in [-0.2, -0.15) is 0 Å². The first kappa shape index (κ1) is 17.0. The summed E-state index contributed by atoms with van der Waals surface area (Å²) in [5, 5.41) is 21.7. The van der Waals surface area contributed by atoms with Crippen molar-refractivity contribution in [2.45, 2.75) is 12.5 Å². The average Bonchev–Trinajstić information content (AvgIpc) is 3.06. The third-order valence-corrected chi connectivity index (χ3v) is 4.17. The molecule has 1 aliphatic rings. The molecule has 2 heterocycles. The van der Waals surface area contributed by atoms with Gasteiger partial charge in [0.15, 0.2) is 0 Å². The van der Waals surface area contributed by atoms with Gasteiger partial charge >= 0.3 is 0 Å². The average molecular weight is 351 g/mol. The molecule has 0 N–H and O–H groups in total. The third kappa shape index (κ3) is 4.08. The number of thioether (sulfide) groups is 1. The predicted molar refractivity (Wildman–Crippen MR) is 81.3 cm³/mol. The van der Waals surface area contributed by atoms with Crippen LogP contribution in [0.3, 0.4) is 0 Å². The molecule has 0 aromatic carbocycles. The normalized spacial score (nSPS) is 18.1. The molecule has 0 aliphatic carbocycles. The molecule has 0 radical (unpaired) electrons. The number of allylic oxidation sites excluding steroid dienone is 2. The maximum absolute atomic E-state index is 12.2. The molecule has 1 aromatic rings. The zero-order valence-electron chi connectivity index (χ0n) is 11.5. The number of hydrogen-bond acceptors (Lipinski definition) is 8. The van der Waals surface area contributed by atoms with Crippen molar-refractivity contribution < 1.29 is 29.0 Å². The number of carboxylic acid groups (broad SMARTS) is 2. The molecule has 0 saturated carbocycles. The van der Waals surface area contributed by atoms with Crippen molar-refractivity contribution in [3.05, 3.63) is 41.2 Å². The smallest absolute Gasteiger partial charge is 0.266 e. The van der Waals surface area contributed by atoms with Gasteiger partial charge in [0.2, 0.25) is 0 Å². The monoisotopic (exact) mass is 351 g/mol. The van der Waals surface area contributed by atoms with Gasteiger partial charge in [-0.3, -0.25) is 9.69 Å². The second-order valence-electron chi connectivity index (χ2n) is 4.36. The number of carbonyl (C=O) groups excluding carboxylic acids is 3. The lowest BCUT2D eigenvalue weighted by Crippen LogP contribution is -2.52. The number of amides is 1. The third-order valence-electron chi connectivity index (χ3n) is 2.82. The largest absolute Gasteiger partial charge is 0.550 e. The van der Waals surface area contributed by atoms with E-state index in [4.69, 9.17) is 16.6 Å². The molecular formula is C14H9NO6S2-2. The van der Waals surface area contributed by atoms with Crippen LogP contribution < -0.4 is 10.2 Å². The fourth-order valence-corrected chi connectivity index (χ4v) is 3.13. The maximum Gasteiger partial charge on any atom is 0.266 e. The van der Waals surface area contributed by atoms with E-state index in [1.165, 1.54) is 18.4 Å². The predicted octanol–water partition coefficient (Wildman–Crippen LogP) is -0.704. The van der Waals surface area contributed by atoms with Crippen LogP contribution in [0.15, 0.2) is 39.9 Å². The molecule has 1 aromatic heterocycles. The quantitative estimate of drug-likeness (QED) is 0.488. The Morgan fingerprint density at radius 2 is 2.17 bits per heavy atom. The van der Waals surface area contributed by atoms with Crippen molar-refractivity contribution in [1.29, 1.82) is 0 Å². The van der Waals surface area contributed by atoms with Crippen molar-refractivity contribution in [2.24, 2.45) is 0 Å². The zero-order valence-corrected chi connectivity index (χ0v) is 13.1. The van der Waals surface area contributed by atoms with Crippen LogP contribution in [0.25, 0.3) is 6.08 Å². The van der Waals surface area contributed by atoms with Crippen LogP contribution in [-0.2, 0) is 14.4 Å². The molecule has 0 unspecified atom stereocenters. The fraction of sp³-hybridized carbons (Fsp3) is 0.143. The molecule has 9 heteroatoms. The Morgan fingerprint density at radius 3 is 2.74 bits per heavy atom. The van der Waals surface area contributed by atoms with E-state index in [1.54, 1.807) is 18.2 Å². The van der Waals surface area contributed by atoms with Crippen molar-refractivity contribution in [1.82, 2.24) is 4.90 Å². The maximum atomic E-state index is 12.2. The Labute approximate surface area is 140 Å². The Bertz CT molecular complexity index is 707. The first-order chi connectivity index (χ1) is 10.9. The summed E-state index contributed by atoms with van der Waals surface area (Å²) in [6, 6.07) is 1.71. The molecule has 2 rings (SSSR count). The van der Waals surface area contributed by atoms with E-state index >= 15 is 0 Å². The van der Waals surface area contributed by atoms with Gasteiger partial charge < -0.3 is 24.2 Å². The summed E-state index contributed by atoms with van der Waals surface area (Å²) in [5.74, 6) is -3.45. The fourth-order valence-electron chi connectivity index (χ4n) is 1.82. The minimum Gasteiger partial charge on any atom is -0.550 e. The molecule has 0 spiro atoms. The molecule has 1 fully saturated rings. The van der Waals surface area contributed by atoms with Crippen LogP contribution in [0, 0.1) is 0 Å². The van der Waals surface area contributed by atoms with Crippen molar-refractivity contribution in [3.8, 4) is 0 Å². The summed E-state index contributed by atoms with van der Waals surface area (Å²) in [6.45, 7) is 0. The van der Waals surface area contributed by atoms with Crippen LogP contribution in [-0.4, -0.2) is 33.1 Å². The van der Waals surface area contributed by atoms with Gasteiger partial charge in [-0.05, 0) is 24.3 Å². The standard InChI is InChI=1S/C14H11NO6S2/c16-11(17)7-9(13(19)20)15-12(18)10(23-14(15)22)5-1-3-8-4-2-6-21-8/h1-6,9H,7H2,(H,16,17)(H,19,20)/p-2/b3-1+,10-5-/t9-/m1/s1. The van der Waals surface area contributed by atoms with Gasteiger partial charge in [-0.25, -0.2) is 0 Å². The SMILES string of the molecule is O=C([O-])C[C@H](C(=O)[O-])N1C(=O)/C(=C/C=C/c2ccco2)SC1=S. The first-order valence-corrected chi connectivity index (χ1v) is 7.50. The lowest BCUT2D eigenvalue weighted by Gasteiger charge is -2.27. The highest BCUT2D eigenvalue weighted by atomic mass is 32.2. The first-order valence-electron chi connectivity index (χ1n) is 6.28. The van der Waals surface area contributed by atoms with Crippen molar-refractivity contribution in [2.75, 3.05) is 0 Å². The summed E-state index contributed by atoms with van der Waals surface area (Å²) >= 11 is 5.83. The van der Waals surface area contributed by atoms with Gasteiger partial charge in [0.05, 0.1) is 23.2 Å². The van der Waals surface area contributed by atoms with Gasteiger partial charge in [0.25, 0.3) is 5.91 Å². The molecule has 1 aliphatic heterocycles. The molecule has 7 nitrogen and oxygen atoms in total. The molecule has 23 heavy (non-hydrogen) atoms. The van der Waals surface area contributed by atoms with E-state index in [1.807, 2.05) is 0 Å². The number of carbonyl (C=O) groups is 3. The number of carboxylic acids is 2. The second kappa shape index (κ2) is 7.25. The molecular weight excluding hydrogens is 342 g/mol. The lowest BCUT2D eigenvalue weighted by atomic mass is 10.2. The lowest BCUT2D eigenvalue weighted by molar-refractivity contribution is -0.319. The van der Waals surface area contributed by atoms with E-state index in [2.05, 4.69) is 0 Å². The molecule has 120 valence electrons. The molecule has 1 amide bonds. The van der Waals surface area contributed by atoms with Gasteiger partial charge in [0, 0.05) is 12.4 Å². The highest BCUT2D eigenvalue weighted by molar-refractivity contribution is 8.26. The van der Waals surface area contributed by atoms with E-state index < -0.39 is 30.3 Å². The van der Waals surface area contributed by atoms with Gasteiger partial charge in [-0.15, -0.1) is 0 Å². The van der Waals surface area contributed by atoms with E-state index in [0.29, 0.717) is 5.76 Å². The van der Waals surface area contributed by atoms with Crippen LogP contribution in [0.5, 0.6) is 0 Å². The van der Waals surface area contributed by atoms with Crippen LogP contribution >= 0.6 is 24.0 Å². The summed E-state index contributed by atoms with van der Waals surface area (Å²) in [7, 11) is 0. The van der Waals surface area contributed by atoms with Crippen LogP contribution in [0.2, 0.25) is 0 Å². The summed E-state index contributed by atoms with van der Waals surface area (Å²) in [4.78, 5) is 34.8. The number of furan rings is 1. The van der Waals surface area contributed by atoms with E-state index in [0.717, 1.165) is 16.7 Å². The number of nitrogens with zero attached hydrogens (tertiary/aromatic N) is 1. The number of aliphatic carboxylic acids is 2. The number of rotatable bonds is 6. The molecule has 1 atom stereocenters. The minimum atomic E-state index is -1.71. The Kier molecular flexibility index (Phi) is 5.35. The van der Waals surface area contributed by atoms with Crippen LogP contribution in [0.1, 0.15) is 12.2 Å². The summed E-state index contributed by atoms with van der Waals surface area (Å²) in [5.41, 5.74) is 0. The van der Waals surface area contributed by atoms with Crippen molar-refractivity contribution in [3.63, 3.8) is 0 Å². The zero-order chi connectivity index (χ0) is 17.0. The number of hydrogen-bond donors (Lipinski definition) is 0. The highest BCUT2D eigenvalue weighted by Crippen LogP contribution is 2.33. The minimum absolute atomic E-state index is 0.0527. The summed E-state index contributed by atoms with van der Waals surface area (Å²) < 4.78 is 5.03. The Balaban J connectivity index is 2.18. The van der Waals surface area contributed by atoms with E-state index in [9.17, 15) is 24.6 Å². The van der Waals surface area contributed by atoms with Crippen molar-refractivity contribution >= 4 is 52.2 Å².